The summed E-state index contributed by atoms with van der Waals surface area (Å²) in [5, 5.41) is 11.3. The van der Waals surface area contributed by atoms with Crippen molar-refractivity contribution in [2.75, 3.05) is 6.26 Å². The van der Waals surface area contributed by atoms with Crippen LogP contribution in [0.4, 0.5) is 0 Å². The third-order valence-corrected chi connectivity index (χ3v) is 4.10. The van der Waals surface area contributed by atoms with Gasteiger partial charge in [-0.3, -0.25) is 0 Å². The average Bonchev–Trinajstić information content (AvgIpc) is 2.29. The summed E-state index contributed by atoms with van der Waals surface area (Å²) < 4.78 is 0.759. The van der Waals surface area contributed by atoms with Crippen LogP contribution in [-0.2, 0) is 5.60 Å². The van der Waals surface area contributed by atoms with E-state index in [2.05, 4.69) is 6.58 Å². The molecule has 1 unspecified atom stereocenters. The van der Waals surface area contributed by atoms with Crippen molar-refractivity contribution in [1.29, 1.82) is 0 Å². The Morgan fingerprint density at radius 2 is 2.24 bits per heavy atom. The Bertz CT molecular complexity index is 420. The van der Waals surface area contributed by atoms with Crippen LogP contribution < -0.4 is 0 Å². The van der Waals surface area contributed by atoms with Gasteiger partial charge in [0.25, 0.3) is 0 Å². The van der Waals surface area contributed by atoms with Gasteiger partial charge in [-0.05, 0) is 18.7 Å². The van der Waals surface area contributed by atoms with E-state index in [0.717, 1.165) is 4.20 Å². The van der Waals surface area contributed by atoms with Gasteiger partial charge in [-0.1, -0.05) is 48.1 Å². The molecular weight excluding hydrogens is 272 g/mol. The Kier molecular flexibility index (Phi) is 5.67. The summed E-state index contributed by atoms with van der Waals surface area (Å²) >= 11 is 12.8. The van der Waals surface area contributed by atoms with Gasteiger partial charge in [-0.25, -0.2) is 0 Å². The maximum Gasteiger partial charge on any atom is 0.0998 e. The molecule has 0 spiro atoms. The molecule has 0 aliphatic rings. The first-order valence-corrected chi connectivity index (χ1v) is 7.19. The van der Waals surface area contributed by atoms with Gasteiger partial charge in [-0.2, -0.15) is 0 Å². The number of thiocarbonyl (C=S) groups is 1. The molecule has 1 aromatic carbocycles. The minimum Gasteiger partial charge on any atom is -0.384 e. The first-order valence-electron chi connectivity index (χ1n) is 5.18. The summed E-state index contributed by atoms with van der Waals surface area (Å²) in [5.41, 5.74) is -0.349. The minimum atomic E-state index is -1.06. The lowest BCUT2D eigenvalue weighted by atomic mass is 9.88. The zero-order chi connectivity index (χ0) is 12.9. The fourth-order valence-corrected chi connectivity index (χ4v) is 2.60. The molecule has 1 rings (SSSR count). The molecule has 0 fully saturated rings. The van der Waals surface area contributed by atoms with Gasteiger partial charge in [0, 0.05) is 17.0 Å². The van der Waals surface area contributed by atoms with E-state index in [1.807, 2.05) is 24.5 Å². The molecule has 0 aliphatic carbocycles. The third-order valence-electron chi connectivity index (χ3n) is 2.52. The summed E-state index contributed by atoms with van der Waals surface area (Å²) in [6.07, 6.45) is 4.42. The highest BCUT2D eigenvalue weighted by Crippen LogP contribution is 2.35. The Morgan fingerprint density at radius 3 is 2.76 bits per heavy atom. The summed E-state index contributed by atoms with van der Waals surface area (Å²) in [7, 11) is 0. The molecule has 0 saturated heterocycles. The molecule has 0 aromatic heterocycles. The van der Waals surface area contributed by atoms with Crippen LogP contribution in [-0.4, -0.2) is 15.6 Å². The number of hydrogen-bond donors (Lipinski definition) is 1. The molecule has 1 aromatic rings. The maximum absolute atomic E-state index is 10.7. The number of thioether (sulfide) groups is 1. The monoisotopic (exact) mass is 286 g/mol. The predicted molar refractivity (Wildman–Crippen MR) is 80.9 cm³/mol. The van der Waals surface area contributed by atoms with Crippen molar-refractivity contribution in [2.24, 2.45) is 0 Å². The molecule has 1 N–H and O–H groups in total. The number of rotatable bonds is 5. The fraction of sp³-hybridized carbons (Fsp3) is 0.308. The van der Waals surface area contributed by atoms with Gasteiger partial charge < -0.3 is 5.11 Å². The van der Waals surface area contributed by atoms with E-state index >= 15 is 0 Å². The van der Waals surface area contributed by atoms with Crippen LogP contribution in [0, 0.1) is 0 Å². The van der Waals surface area contributed by atoms with Crippen LogP contribution in [0.3, 0.4) is 0 Å². The highest BCUT2D eigenvalue weighted by molar-refractivity contribution is 8.22. The quantitative estimate of drug-likeness (QED) is 0.648. The van der Waals surface area contributed by atoms with Crippen molar-refractivity contribution in [2.45, 2.75) is 18.4 Å². The number of hydrogen-bond acceptors (Lipinski definition) is 3. The zero-order valence-electron chi connectivity index (χ0n) is 9.65. The van der Waals surface area contributed by atoms with Crippen molar-refractivity contribution >= 4 is 39.8 Å². The van der Waals surface area contributed by atoms with Crippen molar-refractivity contribution in [1.82, 2.24) is 0 Å². The van der Waals surface area contributed by atoms with Gasteiger partial charge in [0.1, 0.15) is 0 Å². The molecule has 0 bridgehead atoms. The Labute approximate surface area is 117 Å². The number of aliphatic hydroxyl groups is 1. The molecule has 0 amide bonds. The standard InChI is InChI=1S/C13H15ClOS2/c1-3-8-13(15,9-12(16)17-2)10-6-4-5-7-11(10)14/h3-7,15H,1,8-9H2,2H3. The molecule has 0 radical (unpaired) electrons. The summed E-state index contributed by atoms with van der Waals surface area (Å²) in [6.45, 7) is 3.68. The normalized spacial score (nSPS) is 14.1. The topological polar surface area (TPSA) is 20.2 Å². The first kappa shape index (κ1) is 14.7. The van der Waals surface area contributed by atoms with Crippen LogP contribution in [0.25, 0.3) is 0 Å². The van der Waals surface area contributed by atoms with E-state index in [4.69, 9.17) is 23.8 Å². The van der Waals surface area contributed by atoms with E-state index in [1.165, 1.54) is 11.8 Å². The van der Waals surface area contributed by atoms with Gasteiger partial charge in [0.2, 0.25) is 0 Å². The largest absolute Gasteiger partial charge is 0.384 e. The van der Waals surface area contributed by atoms with E-state index in [-0.39, 0.29) is 0 Å². The number of halogens is 1. The molecule has 0 aliphatic heterocycles. The van der Waals surface area contributed by atoms with Crippen molar-refractivity contribution in [3.05, 3.63) is 47.5 Å². The van der Waals surface area contributed by atoms with Gasteiger partial charge in [0.05, 0.1) is 9.80 Å². The molecule has 92 valence electrons. The summed E-state index contributed by atoms with van der Waals surface area (Å²) in [6, 6.07) is 7.30. The number of benzene rings is 1. The summed E-state index contributed by atoms with van der Waals surface area (Å²) in [4.78, 5) is 0. The van der Waals surface area contributed by atoms with Crippen molar-refractivity contribution in [3.8, 4) is 0 Å². The molecule has 1 atom stereocenters. The first-order chi connectivity index (χ1) is 8.03. The molecule has 4 heteroatoms. The lowest BCUT2D eigenvalue weighted by molar-refractivity contribution is 0.0489. The Hall–Kier alpha value is -0.350. The SMILES string of the molecule is C=CCC(O)(CC(=S)SC)c1ccccc1Cl. The van der Waals surface area contributed by atoms with Crippen molar-refractivity contribution in [3.63, 3.8) is 0 Å². The van der Waals surface area contributed by atoms with E-state index in [0.29, 0.717) is 23.4 Å². The van der Waals surface area contributed by atoms with Crippen LogP contribution in [0.2, 0.25) is 5.02 Å². The molecular formula is C13H15ClOS2. The maximum atomic E-state index is 10.7. The Morgan fingerprint density at radius 1 is 1.59 bits per heavy atom. The lowest BCUT2D eigenvalue weighted by Gasteiger charge is -2.28. The highest BCUT2D eigenvalue weighted by Gasteiger charge is 2.31. The van der Waals surface area contributed by atoms with Crippen LogP contribution in [0.1, 0.15) is 18.4 Å². The minimum absolute atomic E-state index is 0.402. The van der Waals surface area contributed by atoms with Crippen LogP contribution >= 0.6 is 35.6 Å². The zero-order valence-corrected chi connectivity index (χ0v) is 12.0. The van der Waals surface area contributed by atoms with E-state index in [9.17, 15) is 5.11 Å². The van der Waals surface area contributed by atoms with Gasteiger partial charge in [0.15, 0.2) is 0 Å². The van der Waals surface area contributed by atoms with Crippen LogP contribution in [0.5, 0.6) is 0 Å². The summed E-state index contributed by atoms with van der Waals surface area (Å²) in [5.74, 6) is 0. The van der Waals surface area contributed by atoms with Gasteiger partial charge >= 0.3 is 0 Å². The molecule has 17 heavy (non-hydrogen) atoms. The predicted octanol–water partition coefficient (Wildman–Crippen LogP) is 4.18. The second-order valence-corrected chi connectivity index (χ2v) is 5.82. The second kappa shape index (κ2) is 6.55. The second-order valence-electron chi connectivity index (χ2n) is 3.76. The molecule has 0 heterocycles. The average molecular weight is 287 g/mol. The van der Waals surface area contributed by atoms with E-state index in [1.54, 1.807) is 12.1 Å². The smallest absolute Gasteiger partial charge is 0.0998 e. The van der Waals surface area contributed by atoms with Gasteiger partial charge in [-0.15, -0.1) is 18.3 Å². The third kappa shape index (κ3) is 3.81. The van der Waals surface area contributed by atoms with Crippen molar-refractivity contribution < 1.29 is 5.11 Å². The molecule has 1 nitrogen and oxygen atoms in total. The van der Waals surface area contributed by atoms with E-state index < -0.39 is 5.60 Å². The highest BCUT2D eigenvalue weighted by atomic mass is 35.5. The van der Waals surface area contributed by atoms with Crippen LogP contribution in [0.15, 0.2) is 36.9 Å². The Balaban J connectivity index is 3.11. The molecule has 0 saturated carbocycles. The lowest BCUT2D eigenvalue weighted by Crippen LogP contribution is -2.27. The fourth-order valence-electron chi connectivity index (χ4n) is 1.67.